The van der Waals surface area contributed by atoms with Crippen molar-refractivity contribution in [1.82, 2.24) is 0 Å². The zero-order valence-electron chi connectivity index (χ0n) is 19.4. The fraction of sp³-hybridized carbons (Fsp3) is 0.909. The number of carbonyl (C=O) groups excluding carboxylic acids is 2. The van der Waals surface area contributed by atoms with Gasteiger partial charge in [-0.3, -0.25) is 9.59 Å². The van der Waals surface area contributed by atoms with Crippen molar-refractivity contribution in [3.63, 3.8) is 0 Å². The first kappa shape index (κ1) is 22.9. The molecule has 1 aliphatic heterocycles. The molecular formula is C22H38O6Si. The van der Waals surface area contributed by atoms with Gasteiger partial charge in [0.25, 0.3) is 0 Å². The number of ketones is 1. The fourth-order valence-electron chi connectivity index (χ4n) is 5.29. The van der Waals surface area contributed by atoms with Gasteiger partial charge in [0.05, 0.1) is 25.2 Å². The van der Waals surface area contributed by atoms with Crippen molar-refractivity contribution in [2.75, 3.05) is 7.11 Å². The van der Waals surface area contributed by atoms with E-state index in [0.717, 1.165) is 0 Å². The molecule has 1 saturated heterocycles. The zero-order valence-corrected chi connectivity index (χ0v) is 20.4. The molecule has 7 heteroatoms. The van der Waals surface area contributed by atoms with E-state index in [2.05, 4.69) is 33.9 Å². The second kappa shape index (κ2) is 7.43. The molecule has 0 unspecified atom stereocenters. The number of Topliss-reactive ketones (excluding diaryl/α,β-unsaturated/α-hetero) is 1. The number of ether oxygens (including phenoxy) is 3. The van der Waals surface area contributed by atoms with Crippen LogP contribution in [0.2, 0.25) is 18.1 Å². The fourth-order valence-corrected chi connectivity index (χ4v) is 6.67. The Kier molecular flexibility index (Phi) is 5.87. The molecule has 0 aromatic heterocycles. The maximum Gasteiger partial charge on any atom is 0.309 e. The summed E-state index contributed by atoms with van der Waals surface area (Å²) in [5, 5.41) is 0.0643. The van der Waals surface area contributed by atoms with Gasteiger partial charge in [0.15, 0.2) is 14.1 Å². The molecule has 29 heavy (non-hydrogen) atoms. The lowest BCUT2D eigenvalue weighted by atomic mass is 9.55. The van der Waals surface area contributed by atoms with Gasteiger partial charge in [-0.1, -0.05) is 20.8 Å². The van der Waals surface area contributed by atoms with Crippen LogP contribution in [0.3, 0.4) is 0 Å². The van der Waals surface area contributed by atoms with Crippen molar-refractivity contribution in [3.8, 4) is 0 Å². The first-order chi connectivity index (χ1) is 13.2. The Labute approximate surface area is 176 Å². The van der Waals surface area contributed by atoms with E-state index in [4.69, 9.17) is 18.6 Å². The largest absolute Gasteiger partial charge is 0.469 e. The minimum Gasteiger partial charge on any atom is -0.469 e. The Morgan fingerprint density at radius 3 is 2.31 bits per heavy atom. The number of fused-ring (bicyclic) bond motifs is 3. The summed E-state index contributed by atoms with van der Waals surface area (Å²) in [6, 6.07) is 0. The molecule has 0 spiro atoms. The predicted molar refractivity (Wildman–Crippen MR) is 112 cm³/mol. The summed E-state index contributed by atoms with van der Waals surface area (Å²) in [6.07, 6.45) is 0.450. The lowest BCUT2D eigenvalue weighted by Crippen LogP contribution is -2.61. The minimum absolute atomic E-state index is 0.0643. The van der Waals surface area contributed by atoms with Crippen molar-refractivity contribution < 1.29 is 28.2 Å². The van der Waals surface area contributed by atoms with Gasteiger partial charge in [-0.05, 0) is 45.3 Å². The van der Waals surface area contributed by atoms with Gasteiger partial charge in [-0.15, -0.1) is 0 Å². The summed E-state index contributed by atoms with van der Waals surface area (Å²) in [6.45, 7) is 16.8. The van der Waals surface area contributed by atoms with Crippen LogP contribution in [0.15, 0.2) is 0 Å². The lowest BCUT2D eigenvalue weighted by Gasteiger charge is -2.54. The Morgan fingerprint density at radius 2 is 1.83 bits per heavy atom. The molecule has 0 amide bonds. The molecule has 4 fully saturated rings. The second-order valence-corrected chi connectivity index (χ2v) is 15.8. The number of hydrogen-bond acceptors (Lipinski definition) is 6. The van der Waals surface area contributed by atoms with Crippen LogP contribution in [-0.2, 0) is 28.2 Å². The molecular weight excluding hydrogens is 388 g/mol. The summed E-state index contributed by atoms with van der Waals surface area (Å²) >= 11 is 0. The number of methoxy groups -OCH3 is 1. The van der Waals surface area contributed by atoms with E-state index < -0.39 is 20.0 Å². The summed E-state index contributed by atoms with van der Waals surface area (Å²) < 4.78 is 24.1. The molecule has 0 N–H and O–H groups in total. The highest BCUT2D eigenvalue weighted by Crippen LogP contribution is 2.54. The second-order valence-electron chi connectivity index (χ2n) is 11.0. The highest BCUT2D eigenvalue weighted by molar-refractivity contribution is 6.74. The van der Waals surface area contributed by atoms with Gasteiger partial charge in [-0.25, -0.2) is 0 Å². The van der Waals surface area contributed by atoms with Crippen LogP contribution in [-0.4, -0.2) is 51.3 Å². The van der Waals surface area contributed by atoms with E-state index in [0.29, 0.717) is 12.8 Å². The molecule has 1 heterocycles. The normalized spacial score (nSPS) is 39.6. The minimum atomic E-state index is -2.04. The van der Waals surface area contributed by atoms with Crippen molar-refractivity contribution in [3.05, 3.63) is 0 Å². The van der Waals surface area contributed by atoms with Crippen LogP contribution in [0.25, 0.3) is 0 Å². The molecule has 0 aromatic rings. The molecule has 3 saturated carbocycles. The quantitative estimate of drug-likeness (QED) is 0.501. The highest BCUT2D eigenvalue weighted by atomic mass is 28.4. The van der Waals surface area contributed by atoms with E-state index in [1.807, 2.05) is 20.8 Å². The summed E-state index contributed by atoms with van der Waals surface area (Å²) in [5.41, 5.74) is 0. The average molecular weight is 427 g/mol. The van der Waals surface area contributed by atoms with Crippen LogP contribution in [0.4, 0.5) is 0 Å². The standard InChI is InChI=1S/C22H38O6Si/c1-12-19(27-22(5,6)26-12)17-13-11-16(28-29(8,9)21(2,3)4)14(10-15(13)23)18(17)20(24)25-7/h12-14,16-19H,10-11H2,1-9H3/t12-,13-,14-,16-,17+,18-,19+/m1/s1. The van der Waals surface area contributed by atoms with Crippen molar-refractivity contribution >= 4 is 20.1 Å². The van der Waals surface area contributed by atoms with Gasteiger partial charge in [-0.2, -0.15) is 0 Å². The topological polar surface area (TPSA) is 71.1 Å². The van der Waals surface area contributed by atoms with Crippen molar-refractivity contribution in [2.24, 2.45) is 23.7 Å². The molecule has 0 aromatic carbocycles. The Bertz CT molecular complexity index is 667. The summed E-state index contributed by atoms with van der Waals surface area (Å²) in [7, 11) is -0.613. The third-order valence-electron chi connectivity index (χ3n) is 7.61. The Morgan fingerprint density at radius 1 is 1.21 bits per heavy atom. The van der Waals surface area contributed by atoms with Gasteiger partial charge in [0.1, 0.15) is 5.78 Å². The zero-order chi connectivity index (χ0) is 21.9. The number of rotatable bonds is 4. The number of carbonyl (C=O) groups is 2. The van der Waals surface area contributed by atoms with E-state index in [1.165, 1.54) is 7.11 Å². The summed E-state index contributed by atoms with van der Waals surface area (Å²) in [5.74, 6) is -1.83. The molecule has 2 bridgehead atoms. The lowest BCUT2D eigenvalue weighted by molar-refractivity contribution is -0.186. The maximum atomic E-state index is 13.0. The van der Waals surface area contributed by atoms with Crippen LogP contribution >= 0.6 is 0 Å². The maximum absolute atomic E-state index is 13.0. The first-order valence-electron chi connectivity index (χ1n) is 10.8. The third-order valence-corrected chi connectivity index (χ3v) is 12.1. The number of esters is 1. The van der Waals surface area contributed by atoms with Crippen LogP contribution in [0.1, 0.15) is 54.4 Å². The van der Waals surface area contributed by atoms with Crippen LogP contribution in [0, 0.1) is 23.7 Å². The van der Waals surface area contributed by atoms with Gasteiger partial charge >= 0.3 is 5.97 Å². The molecule has 166 valence electrons. The van der Waals surface area contributed by atoms with Gasteiger partial charge in [0, 0.05) is 30.3 Å². The Balaban J connectivity index is 1.94. The number of hydrogen-bond donors (Lipinski definition) is 0. The van der Waals surface area contributed by atoms with E-state index in [1.54, 1.807) is 0 Å². The van der Waals surface area contributed by atoms with Crippen molar-refractivity contribution in [2.45, 2.75) is 96.6 Å². The first-order valence-corrected chi connectivity index (χ1v) is 13.7. The van der Waals surface area contributed by atoms with E-state index in [-0.39, 0.29) is 52.9 Å². The van der Waals surface area contributed by atoms with Crippen LogP contribution in [0.5, 0.6) is 0 Å². The van der Waals surface area contributed by atoms with E-state index in [9.17, 15) is 9.59 Å². The molecule has 4 rings (SSSR count). The highest BCUT2D eigenvalue weighted by Gasteiger charge is 2.62. The molecule has 3 aliphatic carbocycles. The molecule has 6 nitrogen and oxygen atoms in total. The molecule has 4 aliphatic rings. The Hall–Kier alpha value is -0.763. The molecule has 7 atom stereocenters. The van der Waals surface area contributed by atoms with Gasteiger partial charge < -0.3 is 18.6 Å². The van der Waals surface area contributed by atoms with Gasteiger partial charge in [0.2, 0.25) is 0 Å². The summed E-state index contributed by atoms with van der Waals surface area (Å²) in [4.78, 5) is 25.9. The SMILES string of the molecule is COC(=O)[C@@H]1[C@@H]2CC(=O)[C@@H](C[C@H]2O[Si](C)(C)C(C)(C)C)[C@@H]1[C@H]1OC(C)(C)O[C@@H]1C. The van der Waals surface area contributed by atoms with Crippen molar-refractivity contribution in [1.29, 1.82) is 0 Å². The monoisotopic (exact) mass is 426 g/mol. The smallest absolute Gasteiger partial charge is 0.309 e. The van der Waals surface area contributed by atoms with E-state index >= 15 is 0 Å². The van der Waals surface area contributed by atoms with Crippen LogP contribution < -0.4 is 0 Å². The third kappa shape index (κ3) is 4.08. The predicted octanol–water partition coefficient (Wildman–Crippen LogP) is 3.93. The average Bonchev–Trinajstić information content (AvgIpc) is 2.85. The molecule has 0 radical (unpaired) electrons.